The number of benzene rings is 4. The van der Waals surface area contributed by atoms with Gasteiger partial charge >= 0.3 is 5.97 Å². The molecule has 0 saturated carbocycles. The van der Waals surface area contributed by atoms with Crippen LogP contribution in [0.3, 0.4) is 0 Å². The second kappa shape index (κ2) is 7.54. The first-order valence-electron chi connectivity index (χ1n) is 9.85. The van der Waals surface area contributed by atoms with Gasteiger partial charge in [-0.3, -0.25) is 9.59 Å². The zero-order valence-corrected chi connectivity index (χ0v) is 16.4. The lowest BCUT2D eigenvalue weighted by Gasteiger charge is -2.15. The summed E-state index contributed by atoms with van der Waals surface area (Å²) in [4.78, 5) is 39.2. The molecule has 0 saturated heterocycles. The second-order valence-electron chi connectivity index (χ2n) is 7.26. The highest BCUT2D eigenvalue weighted by Crippen LogP contribution is 2.29. The van der Waals surface area contributed by atoms with Crippen molar-refractivity contribution in [1.82, 2.24) is 0 Å². The fraction of sp³-hybridized carbons (Fsp3) is 0.0385. The van der Waals surface area contributed by atoms with Crippen LogP contribution in [0.5, 0.6) is 0 Å². The Kier molecular flexibility index (Phi) is 4.56. The third-order valence-electron chi connectivity index (χ3n) is 5.37. The van der Waals surface area contributed by atoms with Crippen molar-refractivity contribution >= 4 is 34.2 Å². The highest BCUT2D eigenvalue weighted by atomic mass is 16.5. The van der Waals surface area contributed by atoms with Crippen LogP contribution in [-0.4, -0.2) is 17.8 Å². The highest BCUT2D eigenvalue weighted by Gasteiger charge is 2.36. The third kappa shape index (κ3) is 3.26. The molecule has 4 aromatic rings. The molecule has 5 heteroatoms. The molecule has 31 heavy (non-hydrogen) atoms. The van der Waals surface area contributed by atoms with Crippen LogP contribution in [-0.2, 0) is 11.3 Å². The lowest BCUT2D eigenvalue weighted by molar-refractivity contribution is 0.0474. The molecule has 0 N–H and O–H groups in total. The summed E-state index contributed by atoms with van der Waals surface area (Å²) < 4.78 is 5.53. The second-order valence-corrected chi connectivity index (χ2v) is 7.26. The zero-order chi connectivity index (χ0) is 21.4. The lowest BCUT2D eigenvalue weighted by Crippen LogP contribution is -2.29. The normalized spacial score (nSPS) is 12.8. The number of esters is 1. The predicted octanol–water partition coefficient (Wildman–Crippen LogP) is 5.00. The summed E-state index contributed by atoms with van der Waals surface area (Å²) in [5, 5.41) is 2.10. The van der Waals surface area contributed by atoms with Crippen molar-refractivity contribution in [2.75, 3.05) is 4.90 Å². The molecule has 0 bridgehead atoms. The number of carbonyl (C=O) groups is 3. The third-order valence-corrected chi connectivity index (χ3v) is 5.37. The van der Waals surface area contributed by atoms with Crippen LogP contribution in [0.1, 0.15) is 36.6 Å². The summed E-state index contributed by atoms with van der Waals surface area (Å²) in [5.41, 5.74) is 2.23. The van der Waals surface area contributed by atoms with Crippen LogP contribution in [0.25, 0.3) is 10.8 Å². The molecule has 0 spiro atoms. The van der Waals surface area contributed by atoms with Gasteiger partial charge in [-0.2, -0.15) is 0 Å². The Labute approximate surface area is 178 Å². The number of imide groups is 1. The Morgan fingerprint density at radius 1 is 0.742 bits per heavy atom. The molecule has 1 aliphatic heterocycles. The maximum absolute atomic E-state index is 12.7. The van der Waals surface area contributed by atoms with Gasteiger partial charge in [0.15, 0.2) is 0 Å². The van der Waals surface area contributed by atoms with E-state index in [1.807, 2.05) is 42.5 Å². The summed E-state index contributed by atoms with van der Waals surface area (Å²) in [6.45, 7) is 0.122. The number of nitrogens with zero attached hydrogens (tertiary/aromatic N) is 1. The minimum Gasteiger partial charge on any atom is -0.457 e. The molecule has 150 valence electrons. The van der Waals surface area contributed by atoms with E-state index in [9.17, 15) is 14.4 Å². The van der Waals surface area contributed by atoms with Crippen LogP contribution < -0.4 is 4.90 Å². The Balaban J connectivity index is 1.38. The maximum Gasteiger partial charge on any atom is 0.338 e. The van der Waals surface area contributed by atoms with Gasteiger partial charge in [-0.1, -0.05) is 60.7 Å². The van der Waals surface area contributed by atoms with Crippen molar-refractivity contribution in [3.63, 3.8) is 0 Å². The highest BCUT2D eigenvalue weighted by molar-refractivity contribution is 6.34. The number of carbonyl (C=O) groups excluding carboxylic acids is 3. The fourth-order valence-electron chi connectivity index (χ4n) is 3.84. The van der Waals surface area contributed by atoms with E-state index < -0.39 is 17.8 Å². The Hall–Kier alpha value is -4.25. The Morgan fingerprint density at radius 2 is 1.39 bits per heavy atom. The number of fused-ring (bicyclic) bond motifs is 2. The molecule has 0 aliphatic carbocycles. The van der Waals surface area contributed by atoms with Crippen LogP contribution in [0.15, 0.2) is 91.0 Å². The van der Waals surface area contributed by atoms with Gasteiger partial charge in [-0.15, -0.1) is 0 Å². The number of ether oxygens (including phenoxy) is 1. The van der Waals surface area contributed by atoms with Crippen molar-refractivity contribution in [3.05, 3.63) is 113 Å². The van der Waals surface area contributed by atoms with E-state index in [0.29, 0.717) is 16.8 Å². The number of hydrogen-bond donors (Lipinski definition) is 0. The van der Waals surface area contributed by atoms with Gasteiger partial charge in [0, 0.05) is 0 Å². The average molecular weight is 407 g/mol. The van der Waals surface area contributed by atoms with E-state index >= 15 is 0 Å². The van der Waals surface area contributed by atoms with E-state index in [4.69, 9.17) is 4.74 Å². The van der Waals surface area contributed by atoms with Crippen molar-refractivity contribution in [2.24, 2.45) is 0 Å². The van der Waals surface area contributed by atoms with Crippen molar-refractivity contribution < 1.29 is 19.1 Å². The van der Waals surface area contributed by atoms with E-state index in [2.05, 4.69) is 0 Å². The van der Waals surface area contributed by atoms with E-state index in [1.54, 1.807) is 42.5 Å². The van der Waals surface area contributed by atoms with Gasteiger partial charge in [0.25, 0.3) is 11.8 Å². The Morgan fingerprint density at radius 3 is 2.16 bits per heavy atom. The van der Waals surface area contributed by atoms with Gasteiger partial charge in [0.2, 0.25) is 0 Å². The van der Waals surface area contributed by atoms with E-state index in [1.165, 1.54) is 6.07 Å². The van der Waals surface area contributed by atoms with Crippen molar-refractivity contribution in [1.29, 1.82) is 0 Å². The molecule has 0 aromatic heterocycles. The first-order valence-corrected chi connectivity index (χ1v) is 9.85. The molecule has 0 radical (unpaired) electrons. The van der Waals surface area contributed by atoms with Crippen molar-refractivity contribution in [3.8, 4) is 0 Å². The maximum atomic E-state index is 12.7. The molecule has 0 fully saturated rings. The van der Waals surface area contributed by atoms with Gasteiger partial charge in [0.05, 0.1) is 22.4 Å². The molecule has 0 unspecified atom stereocenters. The van der Waals surface area contributed by atoms with Gasteiger partial charge in [-0.25, -0.2) is 9.69 Å². The van der Waals surface area contributed by atoms with Gasteiger partial charge in [0.1, 0.15) is 6.61 Å². The average Bonchev–Trinajstić information content (AvgIpc) is 3.07. The number of hydrogen-bond acceptors (Lipinski definition) is 4. The summed E-state index contributed by atoms with van der Waals surface area (Å²) >= 11 is 0. The molecule has 4 aromatic carbocycles. The first kappa shape index (κ1) is 18.8. The predicted molar refractivity (Wildman–Crippen MR) is 117 cm³/mol. The number of rotatable bonds is 4. The molecule has 1 heterocycles. The van der Waals surface area contributed by atoms with E-state index in [0.717, 1.165) is 21.2 Å². The van der Waals surface area contributed by atoms with Crippen LogP contribution in [0, 0.1) is 0 Å². The summed E-state index contributed by atoms with van der Waals surface area (Å²) in [5.74, 6) is -1.32. The molecule has 5 nitrogen and oxygen atoms in total. The monoisotopic (exact) mass is 407 g/mol. The minimum atomic E-state index is -0.522. The molecular weight excluding hydrogens is 390 g/mol. The van der Waals surface area contributed by atoms with Gasteiger partial charge < -0.3 is 4.74 Å². The van der Waals surface area contributed by atoms with Crippen LogP contribution in [0.4, 0.5) is 5.69 Å². The standard InChI is InChI=1S/C26H17NO4/c28-24-22-13-3-4-14-23(22)25(29)27(24)20-11-6-9-18(15-20)26(30)31-16-19-10-5-8-17-7-1-2-12-21(17)19/h1-15H,16H2. The zero-order valence-electron chi connectivity index (χ0n) is 16.4. The van der Waals surface area contributed by atoms with Crippen LogP contribution >= 0.6 is 0 Å². The molecule has 0 atom stereocenters. The minimum absolute atomic E-state index is 0.122. The van der Waals surface area contributed by atoms with Crippen LogP contribution in [0.2, 0.25) is 0 Å². The smallest absolute Gasteiger partial charge is 0.338 e. The first-order chi connectivity index (χ1) is 15.1. The summed E-state index contributed by atoms with van der Waals surface area (Å²) in [6, 6.07) is 26.8. The quantitative estimate of drug-likeness (QED) is 0.353. The van der Waals surface area contributed by atoms with Gasteiger partial charge in [-0.05, 0) is 46.7 Å². The van der Waals surface area contributed by atoms with Crippen molar-refractivity contribution in [2.45, 2.75) is 6.61 Å². The van der Waals surface area contributed by atoms with E-state index in [-0.39, 0.29) is 12.2 Å². The fourth-order valence-corrected chi connectivity index (χ4v) is 3.84. The number of amides is 2. The molecule has 1 aliphatic rings. The molecule has 2 amide bonds. The summed E-state index contributed by atoms with van der Waals surface area (Å²) in [7, 11) is 0. The number of anilines is 1. The topological polar surface area (TPSA) is 63.7 Å². The summed E-state index contributed by atoms with van der Waals surface area (Å²) in [6.07, 6.45) is 0. The Bertz CT molecular complexity index is 1320. The SMILES string of the molecule is O=C(OCc1cccc2ccccc12)c1cccc(N2C(=O)c3ccccc3C2=O)c1. The lowest BCUT2D eigenvalue weighted by atomic mass is 10.1. The largest absolute Gasteiger partial charge is 0.457 e. The molecule has 5 rings (SSSR count). The molecular formula is C26H17NO4.